The molecule has 4 aromatic heterocycles. The number of furan rings is 2. The van der Waals surface area contributed by atoms with E-state index >= 15 is 0 Å². The van der Waals surface area contributed by atoms with Crippen molar-refractivity contribution in [2.24, 2.45) is 0 Å². The van der Waals surface area contributed by atoms with E-state index in [0.717, 1.165) is 77.3 Å². The number of hydrogen-bond acceptors (Lipinski definition) is 6. The summed E-state index contributed by atoms with van der Waals surface area (Å²) in [5.41, 5.74) is 10.6. The molecule has 0 aliphatic carbocycles. The summed E-state index contributed by atoms with van der Waals surface area (Å²) in [5, 5.41) is 6.87. The highest BCUT2D eigenvalue weighted by Gasteiger charge is 2.21. The largest absolute Gasteiger partial charge is 0.456 e. The van der Waals surface area contributed by atoms with Crippen LogP contribution in [0.15, 0.2) is 185 Å². The third-order valence-electron chi connectivity index (χ3n) is 11.0. The maximum Gasteiger partial charge on any atom is 0.164 e. The second kappa shape index (κ2) is 12.6. The third kappa shape index (κ3) is 5.12. The molecular formula is C51H29N3O2S. The average Bonchev–Trinajstić information content (AvgIpc) is 3.98. The number of thiophene rings is 1. The molecule has 5 nitrogen and oxygen atoms in total. The fourth-order valence-electron chi connectivity index (χ4n) is 8.29. The fourth-order valence-corrected chi connectivity index (χ4v) is 9.43. The van der Waals surface area contributed by atoms with Crippen molar-refractivity contribution in [1.82, 2.24) is 15.0 Å². The van der Waals surface area contributed by atoms with Gasteiger partial charge in [0.25, 0.3) is 0 Å². The lowest BCUT2D eigenvalue weighted by atomic mass is 9.92. The van der Waals surface area contributed by atoms with Crippen LogP contribution in [0.2, 0.25) is 0 Å². The topological polar surface area (TPSA) is 65.0 Å². The molecular weight excluding hydrogens is 719 g/mol. The molecule has 0 radical (unpaired) electrons. The van der Waals surface area contributed by atoms with Gasteiger partial charge in [-0.05, 0) is 65.2 Å². The molecule has 0 unspecified atom stereocenters. The second-order valence-electron chi connectivity index (χ2n) is 14.3. The van der Waals surface area contributed by atoms with Crippen molar-refractivity contribution in [2.45, 2.75) is 0 Å². The van der Waals surface area contributed by atoms with Gasteiger partial charge in [0.05, 0.1) is 0 Å². The van der Waals surface area contributed by atoms with E-state index in [1.54, 1.807) is 0 Å². The SMILES string of the molecule is c1ccc(-c2nc(-c3ccc(-c4ccc(-c5cccc6sc7ccccc7c56)c5c4oc4ccccc45)cc3)nc(-c3ccc4oc5ccccc5c4c3)n2)cc1. The maximum atomic E-state index is 6.74. The van der Waals surface area contributed by atoms with Crippen LogP contribution in [0.4, 0.5) is 0 Å². The molecule has 12 rings (SSSR count). The number of nitrogens with zero attached hydrogens (tertiary/aromatic N) is 3. The summed E-state index contributed by atoms with van der Waals surface area (Å²) in [6.07, 6.45) is 0. The summed E-state index contributed by atoms with van der Waals surface area (Å²) in [6.45, 7) is 0. The molecule has 0 fully saturated rings. The van der Waals surface area contributed by atoms with Crippen molar-refractivity contribution in [1.29, 1.82) is 0 Å². The predicted molar refractivity (Wildman–Crippen MR) is 234 cm³/mol. The summed E-state index contributed by atoms with van der Waals surface area (Å²) >= 11 is 1.84. The van der Waals surface area contributed by atoms with Crippen molar-refractivity contribution >= 4 is 75.4 Å². The van der Waals surface area contributed by atoms with Crippen LogP contribution in [0.25, 0.3) is 120 Å². The van der Waals surface area contributed by atoms with Gasteiger partial charge in [-0.2, -0.15) is 0 Å². The van der Waals surface area contributed by atoms with Crippen molar-refractivity contribution < 1.29 is 8.83 Å². The first kappa shape index (κ1) is 31.9. The molecule has 0 N–H and O–H groups in total. The van der Waals surface area contributed by atoms with Crippen LogP contribution in [-0.2, 0) is 0 Å². The van der Waals surface area contributed by atoms with E-state index in [1.165, 1.54) is 25.7 Å². The molecule has 0 saturated carbocycles. The third-order valence-corrected chi connectivity index (χ3v) is 12.1. The van der Waals surface area contributed by atoms with Gasteiger partial charge in [0.1, 0.15) is 22.3 Å². The van der Waals surface area contributed by atoms with Crippen LogP contribution in [-0.4, -0.2) is 15.0 Å². The van der Waals surface area contributed by atoms with Gasteiger partial charge in [-0.15, -0.1) is 11.3 Å². The summed E-state index contributed by atoms with van der Waals surface area (Å²) in [7, 11) is 0. The Labute approximate surface area is 330 Å². The van der Waals surface area contributed by atoms with Gasteiger partial charge in [0.2, 0.25) is 0 Å². The zero-order valence-corrected chi connectivity index (χ0v) is 31.1. The van der Waals surface area contributed by atoms with Crippen molar-refractivity contribution in [3.63, 3.8) is 0 Å². The zero-order chi connectivity index (χ0) is 37.5. The fraction of sp³-hybridized carbons (Fsp3) is 0. The van der Waals surface area contributed by atoms with E-state index in [1.807, 2.05) is 78.1 Å². The Morgan fingerprint density at radius 1 is 0.333 bits per heavy atom. The van der Waals surface area contributed by atoms with Crippen LogP contribution in [0, 0.1) is 0 Å². The Hall–Kier alpha value is -7.41. The van der Waals surface area contributed by atoms with Gasteiger partial charge in [0, 0.05) is 64.0 Å². The molecule has 57 heavy (non-hydrogen) atoms. The Balaban J connectivity index is 0.996. The minimum atomic E-state index is 0.600. The number of aromatic nitrogens is 3. The summed E-state index contributed by atoms with van der Waals surface area (Å²) in [4.78, 5) is 15.1. The van der Waals surface area contributed by atoms with Crippen molar-refractivity contribution in [3.05, 3.63) is 176 Å². The van der Waals surface area contributed by atoms with Gasteiger partial charge < -0.3 is 8.83 Å². The molecule has 4 heterocycles. The average molecular weight is 748 g/mol. The van der Waals surface area contributed by atoms with E-state index in [9.17, 15) is 0 Å². The number of para-hydroxylation sites is 2. The molecule has 266 valence electrons. The van der Waals surface area contributed by atoms with Crippen LogP contribution in [0.3, 0.4) is 0 Å². The maximum absolute atomic E-state index is 6.74. The quantitative estimate of drug-likeness (QED) is 0.175. The Kier molecular flexibility index (Phi) is 7.03. The number of hydrogen-bond donors (Lipinski definition) is 0. The normalized spacial score (nSPS) is 11.9. The first-order valence-electron chi connectivity index (χ1n) is 18.9. The molecule has 6 heteroatoms. The molecule has 12 aromatic rings. The Morgan fingerprint density at radius 3 is 1.70 bits per heavy atom. The zero-order valence-electron chi connectivity index (χ0n) is 30.3. The highest BCUT2D eigenvalue weighted by Crippen LogP contribution is 2.46. The smallest absolute Gasteiger partial charge is 0.164 e. The first-order valence-corrected chi connectivity index (χ1v) is 19.7. The number of fused-ring (bicyclic) bond motifs is 9. The summed E-state index contributed by atoms with van der Waals surface area (Å²) < 4.78 is 15.4. The lowest BCUT2D eigenvalue weighted by molar-refractivity contribution is 0.669. The lowest BCUT2D eigenvalue weighted by Crippen LogP contribution is -2.00. The minimum Gasteiger partial charge on any atom is -0.456 e. The molecule has 0 aliphatic heterocycles. The van der Waals surface area contributed by atoms with E-state index in [-0.39, 0.29) is 0 Å². The van der Waals surface area contributed by atoms with E-state index < -0.39 is 0 Å². The molecule has 0 bridgehead atoms. The van der Waals surface area contributed by atoms with Crippen LogP contribution in [0.5, 0.6) is 0 Å². The van der Waals surface area contributed by atoms with Gasteiger partial charge in [-0.1, -0.05) is 127 Å². The van der Waals surface area contributed by atoms with Crippen molar-refractivity contribution in [3.8, 4) is 56.4 Å². The van der Waals surface area contributed by atoms with Crippen LogP contribution in [0.1, 0.15) is 0 Å². The van der Waals surface area contributed by atoms with Gasteiger partial charge in [0.15, 0.2) is 17.5 Å². The number of rotatable bonds is 5. The summed E-state index contributed by atoms with van der Waals surface area (Å²) in [5.74, 6) is 1.82. The molecule has 0 atom stereocenters. The molecule has 0 spiro atoms. The van der Waals surface area contributed by atoms with Crippen LogP contribution < -0.4 is 0 Å². The molecule has 8 aromatic carbocycles. The predicted octanol–water partition coefficient (Wildman–Crippen LogP) is 14.4. The monoisotopic (exact) mass is 747 g/mol. The molecule has 0 aliphatic rings. The standard InChI is InChI=1S/C51H29N3O2S/c1-2-11-31(12-3-1)49-52-50(54-51(53-49)33-25-28-43-40(29-33)35-13-4-7-17-41(35)55-43)32-23-21-30(22-24-32)34-26-27-37(47-38-14-5-8-18-42(38)56-48(34)47)36-16-10-20-45-46(36)39-15-6-9-19-44(39)57-45/h1-29H. The highest BCUT2D eigenvalue weighted by atomic mass is 32.1. The molecule has 0 amide bonds. The van der Waals surface area contributed by atoms with E-state index in [0.29, 0.717) is 17.5 Å². The van der Waals surface area contributed by atoms with Crippen LogP contribution >= 0.6 is 11.3 Å². The Bertz CT molecular complexity index is 3530. The first-order chi connectivity index (χ1) is 28.2. The second-order valence-corrected chi connectivity index (χ2v) is 15.4. The molecule has 0 saturated heterocycles. The van der Waals surface area contributed by atoms with Gasteiger partial charge in [-0.25, -0.2) is 15.0 Å². The van der Waals surface area contributed by atoms with E-state index in [2.05, 4.69) is 109 Å². The Morgan fingerprint density at radius 2 is 0.895 bits per heavy atom. The summed E-state index contributed by atoms with van der Waals surface area (Å²) in [6, 6.07) is 60.9. The number of benzene rings is 8. The van der Waals surface area contributed by atoms with Crippen molar-refractivity contribution in [2.75, 3.05) is 0 Å². The van der Waals surface area contributed by atoms with Gasteiger partial charge in [-0.3, -0.25) is 0 Å². The lowest BCUT2D eigenvalue weighted by Gasteiger charge is -2.11. The minimum absolute atomic E-state index is 0.600. The van der Waals surface area contributed by atoms with Gasteiger partial charge >= 0.3 is 0 Å². The highest BCUT2D eigenvalue weighted by molar-refractivity contribution is 7.25. The van der Waals surface area contributed by atoms with E-state index in [4.69, 9.17) is 23.8 Å².